The largest absolute Gasteiger partial charge is 0.452 e. The highest BCUT2D eigenvalue weighted by molar-refractivity contribution is 7.90. The summed E-state index contributed by atoms with van der Waals surface area (Å²) in [6, 6.07) is 3.75. The van der Waals surface area contributed by atoms with E-state index in [2.05, 4.69) is 19.2 Å². The maximum atomic E-state index is 12.1. The van der Waals surface area contributed by atoms with Gasteiger partial charge in [0.15, 0.2) is 16.4 Å². The Morgan fingerprint density at radius 3 is 2.42 bits per heavy atom. The molecule has 0 saturated heterocycles. The van der Waals surface area contributed by atoms with E-state index in [1.807, 2.05) is 6.92 Å². The average molecular weight is 404 g/mol. The number of esters is 1. The van der Waals surface area contributed by atoms with Gasteiger partial charge in [0.1, 0.15) is 0 Å². The van der Waals surface area contributed by atoms with Gasteiger partial charge in [-0.05, 0) is 37.5 Å². The summed E-state index contributed by atoms with van der Waals surface area (Å²) in [5, 5.41) is 2.83. The number of benzene rings is 1. The van der Waals surface area contributed by atoms with Crippen LogP contribution in [0.15, 0.2) is 23.1 Å². The third-order valence-electron chi connectivity index (χ3n) is 3.75. The Bertz CT molecular complexity index is 746. The molecule has 0 aromatic heterocycles. The number of hydrogen-bond acceptors (Lipinski definition) is 5. The molecular weight excluding hydrogens is 378 g/mol. The van der Waals surface area contributed by atoms with Gasteiger partial charge in [-0.2, -0.15) is 0 Å². The summed E-state index contributed by atoms with van der Waals surface area (Å²) in [5.74, 6) is -0.639. The molecule has 0 heterocycles. The van der Waals surface area contributed by atoms with Crippen LogP contribution in [0.4, 0.5) is 0 Å². The predicted octanol–water partition coefficient (Wildman–Crippen LogP) is 3.23. The summed E-state index contributed by atoms with van der Waals surface area (Å²) < 4.78 is 28.1. The molecule has 146 valence electrons. The quantitative estimate of drug-likeness (QED) is 0.639. The molecule has 1 rings (SSSR count). The summed E-state index contributed by atoms with van der Waals surface area (Å²) in [4.78, 5) is 23.9. The second-order valence-electron chi connectivity index (χ2n) is 6.78. The monoisotopic (exact) mass is 403 g/mol. The maximum absolute atomic E-state index is 12.1. The van der Waals surface area contributed by atoms with E-state index in [9.17, 15) is 18.0 Å². The first-order chi connectivity index (χ1) is 12.0. The zero-order valence-corrected chi connectivity index (χ0v) is 17.1. The Hall–Kier alpha value is -1.60. The van der Waals surface area contributed by atoms with E-state index in [0.717, 1.165) is 31.6 Å². The van der Waals surface area contributed by atoms with Gasteiger partial charge in [0.25, 0.3) is 5.91 Å². The van der Waals surface area contributed by atoms with Gasteiger partial charge in [-0.25, -0.2) is 13.2 Å². The molecule has 1 atom stereocenters. The first kappa shape index (κ1) is 22.4. The number of amides is 1. The number of carbonyl (C=O) groups is 2. The molecule has 26 heavy (non-hydrogen) atoms. The van der Waals surface area contributed by atoms with Crippen molar-refractivity contribution >= 4 is 33.3 Å². The van der Waals surface area contributed by atoms with Crippen LogP contribution in [0.25, 0.3) is 0 Å². The highest BCUT2D eigenvalue weighted by atomic mass is 35.5. The zero-order valence-electron chi connectivity index (χ0n) is 15.5. The molecule has 0 radical (unpaired) electrons. The van der Waals surface area contributed by atoms with Crippen LogP contribution in [0.3, 0.4) is 0 Å². The maximum Gasteiger partial charge on any atom is 0.340 e. The summed E-state index contributed by atoms with van der Waals surface area (Å²) in [6.45, 7) is 5.73. The molecule has 0 spiro atoms. The van der Waals surface area contributed by atoms with Crippen LogP contribution in [-0.4, -0.2) is 39.2 Å². The lowest BCUT2D eigenvalue weighted by Crippen LogP contribution is -2.35. The van der Waals surface area contributed by atoms with Crippen molar-refractivity contribution in [2.24, 2.45) is 5.92 Å². The number of rotatable bonds is 9. The molecule has 0 unspecified atom stereocenters. The van der Waals surface area contributed by atoms with E-state index in [1.54, 1.807) is 0 Å². The number of hydrogen-bond donors (Lipinski definition) is 1. The minimum Gasteiger partial charge on any atom is -0.452 e. The van der Waals surface area contributed by atoms with E-state index in [0.29, 0.717) is 5.92 Å². The molecule has 1 aromatic rings. The molecule has 0 aliphatic rings. The lowest BCUT2D eigenvalue weighted by molar-refractivity contribution is -0.124. The van der Waals surface area contributed by atoms with E-state index in [1.165, 1.54) is 12.1 Å². The first-order valence-electron chi connectivity index (χ1n) is 8.46. The second kappa shape index (κ2) is 9.92. The molecule has 0 aliphatic heterocycles. The van der Waals surface area contributed by atoms with Crippen molar-refractivity contribution in [3.63, 3.8) is 0 Å². The fourth-order valence-corrected chi connectivity index (χ4v) is 3.16. The average Bonchev–Trinajstić information content (AvgIpc) is 2.51. The highest BCUT2D eigenvalue weighted by Crippen LogP contribution is 2.21. The van der Waals surface area contributed by atoms with Gasteiger partial charge in [-0.15, -0.1) is 0 Å². The molecule has 0 aliphatic carbocycles. The second-order valence-corrected chi connectivity index (χ2v) is 9.21. The number of nitrogens with one attached hydrogen (secondary N) is 1. The Balaban J connectivity index is 2.57. The minimum atomic E-state index is -3.48. The molecule has 1 amide bonds. The Kier molecular flexibility index (Phi) is 8.56. The van der Waals surface area contributed by atoms with Crippen LogP contribution in [0.1, 0.15) is 50.4 Å². The highest BCUT2D eigenvalue weighted by Gasteiger charge is 2.18. The first-order valence-corrected chi connectivity index (χ1v) is 10.7. The zero-order chi connectivity index (χ0) is 19.9. The Morgan fingerprint density at radius 2 is 1.85 bits per heavy atom. The standard InChI is InChI=1S/C18H26ClNO5S/c1-12(2)6-5-7-13(3)20-17(21)11-25-18(22)15-10-14(26(4,23)24)8-9-16(15)19/h8-10,12-13H,5-7,11H2,1-4H3,(H,20,21)/t13-/m0/s1. The van der Waals surface area contributed by atoms with Crippen LogP contribution in [0.5, 0.6) is 0 Å². The van der Waals surface area contributed by atoms with E-state index in [-0.39, 0.29) is 21.5 Å². The molecule has 8 heteroatoms. The Labute approximate surface area is 160 Å². The van der Waals surface area contributed by atoms with Crippen LogP contribution in [0.2, 0.25) is 5.02 Å². The lowest BCUT2D eigenvalue weighted by Gasteiger charge is -2.14. The number of halogens is 1. The lowest BCUT2D eigenvalue weighted by atomic mass is 10.0. The fraction of sp³-hybridized carbons (Fsp3) is 0.556. The van der Waals surface area contributed by atoms with Gasteiger partial charge in [-0.3, -0.25) is 4.79 Å². The van der Waals surface area contributed by atoms with Gasteiger partial charge in [0, 0.05) is 12.3 Å². The van der Waals surface area contributed by atoms with Crippen molar-refractivity contribution < 1.29 is 22.7 Å². The minimum absolute atomic E-state index is 0.0166. The van der Waals surface area contributed by atoms with Gasteiger partial charge in [0.2, 0.25) is 0 Å². The molecule has 0 fully saturated rings. The number of ether oxygens (including phenoxy) is 1. The molecule has 1 aromatic carbocycles. The normalized spacial score (nSPS) is 12.7. The van der Waals surface area contributed by atoms with Crippen LogP contribution in [-0.2, 0) is 19.4 Å². The Morgan fingerprint density at radius 1 is 1.19 bits per heavy atom. The van der Waals surface area contributed by atoms with Gasteiger partial charge in [-0.1, -0.05) is 38.3 Å². The number of sulfone groups is 1. The molecule has 0 bridgehead atoms. The number of carbonyl (C=O) groups excluding carboxylic acids is 2. The molecule has 1 N–H and O–H groups in total. The fourth-order valence-electron chi connectivity index (χ4n) is 2.32. The van der Waals surface area contributed by atoms with Crippen LogP contribution in [0, 0.1) is 5.92 Å². The van der Waals surface area contributed by atoms with Crippen LogP contribution >= 0.6 is 11.6 Å². The predicted molar refractivity (Wildman–Crippen MR) is 101 cm³/mol. The van der Waals surface area contributed by atoms with Crippen molar-refractivity contribution in [2.75, 3.05) is 12.9 Å². The topological polar surface area (TPSA) is 89.5 Å². The summed E-state index contributed by atoms with van der Waals surface area (Å²) in [5.41, 5.74) is -0.0904. The third-order valence-corrected chi connectivity index (χ3v) is 5.19. The van der Waals surface area contributed by atoms with Crippen molar-refractivity contribution in [1.82, 2.24) is 5.32 Å². The summed E-state index contributed by atoms with van der Waals surface area (Å²) in [6.07, 6.45) is 3.97. The summed E-state index contributed by atoms with van der Waals surface area (Å²) >= 11 is 5.93. The molecular formula is C18H26ClNO5S. The molecule has 6 nitrogen and oxygen atoms in total. The van der Waals surface area contributed by atoms with Crippen molar-refractivity contribution in [3.8, 4) is 0 Å². The van der Waals surface area contributed by atoms with E-state index >= 15 is 0 Å². The van der Waals surface area contributed by atoms with E-state index in [4.69, 9.17) is 16.3 Å². The van der Waals surface area contributed by atoms with Gasteiger partial charge in [0.05, 0.1) is 15.5 Å². The third kappa shape index (κ3) is 7.74. The van der Waals surface area contributed by atoms with Gasteiger partial charge < -0.3 is 10.1 Å². The van der Waals surface area contributed by atoms with Crippen LogP contribution < -0.4 is 5.32 Å². The SMILES string of the molecule is CC(C)CCC[C@H](C)NC(=O)COC(=O)c1cc(S(C)(=O)=O)ccc1Cl. The molecule has 0 saturated carbocycles. The van der Waals surface area contributed by atoms with Gasteiger partial charge >= 0.3 is 5.97 Å². The van der Waals surface area contributed by atoms with Crippen molar-refractivity contribution in [1.29, 1.82) is 0 Å². The smallest absolute Gasteiger partial charge is 0.340 e. The van der Waals surface area contributed by atoms with Crippen molar-refractivity contribution in [3.05, 3.63) is 28.8 Å². The van der Waals surface area contributed by atoms with Crippen molar-refractivity contribution in [2.45, 2.75) is 51.0 Å². The van der Waals surface area contributed by atoms with E-state index < -0.39 is 28.3 Å². The summed E-state index contributed by atoms with van der Waals surface area (Å²) in [7, 11) is -3.48.